The normalized spacial score (nSPS) is 10.6. The lowest BCUT2D eigenvalue weighted by atomic mass is 10.1. The molecule has 1 heterocycles. The van der Waals surface area contributed by atoms with Crippen molar-refractivity contribution >= 4 is 16.5 Å². The van der Waals surface area contributed by atoms with Crippen LogP contribution >= 0.6 is 0 Å². The second-order valence-corrected chi connectivity index (χ2v) is 4.43. The average Bonchev–Trinajstić information content (AvgIpc) is 2.44. The quantitative estimate of drug-likeness (QED) is 0.750. The zero-order valence-corrected chi connectivity index (χ0v) is 10.6. The molecule has 3 aromatic rings. The Balaban J connectivity index is 2.09. The third kappa shape index (κ3) is 2.10. The van der Waals surface area contributed by atoms with E-state index in [0.717, 1.165) is 22.1 Å². The molecule has 0 fully saturated rings. The summed E-state index contributed by atoms with van der Waals surface area (Å²) < 4.78 is 5.87. The van der Waals surface area contributed by atoms with E-state index in [1.54, 1.807) is 6.20 Å². The van der Waals surface area contributed by atoms with E-state index in [0.29, 0.717) is 11.6 Å². The Hall–Kier alpha value is -2.55. The van der Waals surface area contributed by atoms with Crippen LogP contribution in [0.1, 0.15) is 5.56 Å². The maximum Gasteiger partial charge on any atom is 0.242 e. The molecule has 0 saturated heterocycles. The summed E-state index contributed by atoms with van der Waals surface area (Å²) in [7, 11) is 0. The molecule has 3 nitrogen and oxygen atoms in total. The van der Waals surface area contributed by atoms with E-state index in [2.05, 4.69) is 17.1 Å². The molecule has 2 aromatic carbocycles. The van der Waals surface area contributed by atoms with Gasteiger partial charge in [0.2, 0.25) is 5.88 Å². The Kier molecular flexibility index (Phi) is 2.80. The van der Waals surface area contributed by atoms with E-state index < -0.39 is 0 Å². The van der Waals surface area contributed by atoms with Crippen LogP contribution in [0.15, 0.2) is 54.7 Å². The third-order valence-electron chi connectivity index (χ3n) is 3.13. The van der Waals surface area contributed by atoms with E-state index in [1.165, 1.54) is 0 Å². The molecule has 1 aromatic heterocycles. The zero-order valence-electron chi connectivity index (χ0n) is 10.6. The fourth-order valence-electron chi connectivity index (χ4n) is 2.01. The summed E-state index contributed by atoms with van der Waals surface area (Å²) >= 11 is 0. The molecule has 0 saturated carbocycles. The smallest absolute Gasteiger partial charge is 0.242 e. The fraction of sp³-hybridized carbons (Fsp3) is 0.0625. The van der Waals surface area contributed by atoms with Crippen molar-refractivity contribution in [3.63, 3.8) is 0 Å². The number of aromatic nitrogens is 1. The molecule has 0 amide bonds. The number of nitrogens with two attached hydrogens (primary N) is 1. The summed E-state index contributed by atoms with van der Waals surface area (Å²) in [6, 6.07) is 15.9. The molecular formula is C16H14N2O. The topological polar surface area (TPSA) is 48.1 Å². The van der Waals surface area contributed by atoms with E-state index in [4.69, 9.17) is 10.5 Å². The highest BCUT2D eigenvalue weighted by atomic mass is 16.5. The second-order valence-electron chi connectivity index (χ2n) is 4.43. The van der Waals surface area contributed by atoms with Crippen LogP contribution in [0, 0.1) is 6.92 Å². The number of pyridine rings is 1. The minimum Gasteiger partial charge on any atom is -0.436 e. The summed E-state index contributed by atoms with van der Waals surface area (Å²) in [5.74, 6) is 1.22. The number of nitrogen functional groups attached to an aromatic ring is 1. The number of anilines is 1. The van der Waals surface area contributed by atoms with Gasteiger partial charge in [0.05, 0.1) is 5.69 Å². The van der Waals surface area contributed by atoms with Crippen molar-refractivity contribution in [3.05, 3.63) is 60.3 Å². The SMILES string of the molecule is Cc1ccnc(Oc2cccc3ccccc23)c1N. The van der Waals surface area contributed by atoms with Gasteiger partial charge < -0.3 is 10.5 Å². The zero-order chi connectivity index (χ0) is 13.2. The van der Waals surface area contributed by atoms with Crippen LogP contribution in [0.5, 0.6) is 11.6 Å². The Labute approximate surface area is 111 Å². The van der Waals surface area contributed by atoms with Gasteiger partial charge in [-0.3, -0.25) is 0 Å². The van der Waals surface area contributed by atoms with Gasteiger partial charge in [-0.2, -0.15) is 0 Å². The van der Waals surface area contributed by atoms with Gasteiger partial charge >= 0.3 is 0 Å². The van der Waals surface area contributed by atoms with Crippen molar-refractivity contribution < 1.29 is 4.74 Å². The summed E-state index contributed by atoms with van der Waals surface area (Å²) in [5.41, 5.74) is 7.53. The molecule has 2 N–H and O–H groups in total. The van der Waals surface area contributed by atoms with Crippen molar-refractivity contribution in [1.82, 2.24) is 4.98 Å². The monoisotopic (exact) mass is 250 g/mol. The fourth-order valence-corrected chi connectivity index (χ4v) is 2.01. The van der Waals surface area contributed by atoms with Gasteiger partial charge in [-0.15, -0.1) is 0 Å². The van der Waals surface area contributed by atoms with Gasteiger partial charge in [0.25, 0.3) is 0 Å². The molecule has 0 bridgehead atoms. The molecule has 0 aliphatic heterocycles. The van der Waals surface area contributed by atoms with Crippen LogP contribution in [0.3, 0.4) is 0 Å². The Morgan fingerprint density at radius 2 is 1.79 bits per heavy atom. The molecule has 0 unspecified atom stereocenters. The highest BCUT2D eigenvalue weighted by Crippen LogP contribution is 2.32. The van der Waals surface area contributed by atoms with Crippen LogP contribution in [-0.2, 0) is 0 Å². The number of nitrogens with zero attached hydrogens (tertiary/aromatic N) is 1. The van der Waals surface area contributed by atoms with Crippen molar-refractivity contribution in [3.8, 4) is 11.6 Å². The predicted molar refractivity (Wildman–Crippen MR) is 77.4 cm³/mol. The number of fused-ring (bicyclic) bond motifs is 1. The summed E-state index contributed by atoms with van der Waals surface area (Å²) in [5, 5.41) is 2.18. The molecule has 3 rings (SSSR count). The van der Waals surface area contributed by atoms with Gasteiger partial charge in [-0.1, -0.05) is 36.4 Å². The Morgan fingerprint density at radius 1 is 1.00 bits per heavy atom. The van der Waals surface area contributed by atoms with E-state index in [-0.39, 0.29) is 0 Å². The van der Waals surface area contributed by atoms with Crippen LogP contribution in [0.2, 0.25) is 0 Å². The summed E-state index contributed by atoms with van der Waals surface area (Å²) in [6.45, 7) is 1.94. The van der Waals surface area contributed by atoms with Gasteiger partial charge in [0.1, 0.15) is 5.75 Å². The number of ether oxygens (including phenoxy) is 1. The van der Waals surface area contributed by atoms with Crippen LogP contribution in [-0.4, -0.2) is 4.98 Å². The molecular weight excluding hydrogens is 236 g/mol. The third-order valence-corrected chi connectivity index (χ3v) is 3.13. The molecule has 3 heteroatoms. The summed E-state index contributed by atoms with van der Waals surface area (Å²) in [6.07, 6.45) is 1.70. The standard InChI is InChI=1S/C16H14N2O/c1-11-9-10-18-16(15(11)17)19-14-8-4-6-12-5-2-3-7-13(12)14/h2-10H,17H2,1H3. The number of benzene rings is 2. The first-order valence-corrected chi connectivity index (χ1v) is 6.12. The lowest BCUT2D eigenvalue weighted by Crippen LogP contribution is -1.97. The highest BCUT2D eigenvalue weighted by molar-refractivity contribution is 5.88. The second kappa shape index (κ2) is 4.61. The van der Waals surface area contributed by atoms with Gasteiger partial charge in [0.15, 0.2) is 0 Å². The molecule has 0 aliphatic carbocycles. The van der Waals surface area contributed by atoms with Gasteiger partial charge in [-0.25, -0.2) is 4.98 Å². The van der Waals surface area contributed by atoms with Crippen LogP contribution in [0.4, 0.5) is 5.69 Å². The van der Waals surface area contributed by atoms with Crippen LogP contribution in [0.25, 0.3) is 10.8 Å². The lowest BCUT2D eigenvalue weighted by molar-refractivity contribution is 0.470. The van der Waals surface area contributed by atoms with E-state index in [9.17, 15) is 0 Å². The Bertz CT molecular complexity index is 732. The molecule has 0 atom stereocenters. The van der Waals surface area contributed by atoms with Gasteiger partial charge in [0, 0.05) is 11.6 Å². The van der Waals surface area contributed by atoms with Crippen molar-refractivity contribution in [2.45, 2.75) is 6.92 Å². The van der Waals surface area contributed by atoms with E-state index >= 15 is 0 Å². The predicted octanol–water partition coefficient (Wildman–Crippen LogP) is 3.92. The van der Waals surface area contributed by atoms with E-state index in [1.807, 2.05) is 43.3 Å². The first-order valence-electron chi connectivity index (χ1n) is 6.12. The first kappa shape index (κ1) is 11.5. The van der Waals surface area contributed by atoms with Crippen LogP contribution < -0.4 is 10.5 Å². The highest BCUT2D eigenvalue weighted by Gasteiger charge is 2.08. The van der Waals surface area contributed by atoms with Gasteiger partial charge in [-0.05, 0) is 30.0 Å². The number of hydrogen-bond acceptors (Lipinski definition) is 3. The van der Waals surface area contributed by atoms with Crippen molar-refractivity contribution in [1.29, 1.82) is 0 Å². The minimum absolute atomic E-state index is 0.455. The maximum atomic E-state index is 5.99. The largest absolute Gasteiger partial charge is 0.436 e. The number of hydrogen-bond donors (Lipinski definition) is 1. The molecule has 94 valence electrons. The lowest BCUT2D eigenvalue weighted by Gasteiger charge is -2.10. The molecule has 0 aliphatic rings. The summed E-state index contributed by atoms with van der Waals surface area (Å²) in [4.78, 5) is 4.19. The Morgan fingerprint density at radius 3 is 2.68 bits per heavy atom. The molecule has 0 radical (unpaired) electrons. The van der Waals surface area contributed by atoms with Crippen molar-refractivity contribution in [2.75, 3.05) is 5.73 Å². The number of aryl methyl sites for hydroxylation is 1. The minimum atomic E-state index is 0.455. The van der Waals surface area contributed by atoms with Crippen molar-refractivity contribution in [2.24, 2.45) is 0 Å². The maximum absolute atomic E-state index is 5.99. The average molecular weight is 250 g/mol. The molecule has 0 spiro atoms. The first-order chi connectivity index (χ1) is 9.25. The number of rotatable bonds is 2. The molecule has 19 heavy (non-hydrogen) atoms.